The van der Waals surface area contributed by atoms with E-state index in [4.69, 9.17) is 14.2 Å². The predicted molar refractivity (Wildman–Crippen MR) is 113 cm³/mol. The van der Waals surface area contributed by atoms with Crippen LogP contribution in [0.1, 0.15) is 12.8 Å². The smallest absolute Gasteiger partial charge is 0.292 e. The van der Waals surface area contributed by atoms with Crippen LogP contribution >= 0.6 is 0 Å². The highest BCUT2D eigenvalue weighted by molar-refractivity contribution is 5.93. The summed E-state index contributed by atoms with van der Waals surface area (Å²) in [5, 5.41) is 14.2. The standard InChI is InChI=1S/C21H25N3O6/c1-28-18-12-15(13-19(29-2)20(18)30-3)22-21(25)14-8-10-23(11-9-14)16-6-4-5-7-17(16)24(26)27/h4-7,12-14H,8-11H2,1-3H3,(H,22,25). The van der Waals surface area contributed by atoms with Gasteiger partial charge in [-0.3, -0.25) is 14.9 Å². The molecule has 1 aliphatic heterocycles. The third kappa shape index (κ3) is 4.40. The third-order valence-electron chi connectivity index (χ3n) is 5.22. The van der Waals surface area contributed by atoms with Crippen molar-refractivity contribution in [1.29, 1.82) is 0 Å². The van der Waals surface area contributed by atoms with E-state index in [1.54, 1.807) is 30.3 Å². The second kappa shape index (κ2) is 9.34. The largest absolute Gasteiger partial charge is 0.493 e. The van der Waals surface area contributed by atoms with Gasteiger partial charge < -0.3 is 24.4 Å². The molecule has 1 aliphatic rings. The molecule has 30 heavy (non-hydrogen) atoms. The molecule has 1 N–H and O–H groups in total. The quantitative estimate of drug-likeness (QED) is 0.545. The Morgan fingerprint density at radius 2 is 1.67 bits per heavy atom. The van der Waals surface area contributed by atoms with Crippen LogP contribution in [0.4, 0.5) is 17.1 Å². The minimum Gasteiger partial charge on any atom is -0.493 e. The lowest BCUT2D eigenvalue weighted by Crippen LogP contribution is -2.38. The zero-order valence-corrected chi connectivity index (χ0v) is 17.2. The summed E-state index contributed by atoms with van der Waals surface area (Å²) in [5.41, 5.74) is 1.22. The van der Waals surface area contributed by atoms with E-state index in [1.165, 1.54) is 27.4 Å². The monoisotopic (exact) mass is 415 g/mol. The molecular weight excluding hydrogens is 390 g/mol. The van der Waals surface area contributed by atoms with Gasteiger partial charge in [0.2, 0.25) is 11.7 Å². The molecule has 0 radical (unpaired) electrons. The number of carbonyl (C=O) groups is 1. The Kier molecular flexibility index (Phi) is 6.61. The number of amides is 1. The lowest BCUT2D eigenvalue weighted by molar-refractivity contribution is -0.384. The van der Waals surface area contributed by atoms with Crippen molar-refractivity contribution in [3.8, 4) is 17.2 Å². The molecule has 0 aliphatic carbocycles. The molecule has 2 aromatic rings. The number of ether oxygens (including phenoxy) is 3. The molecule has 1 heterocycles. The maximum Gasteiger partial charge on any atom is 0.292 e. The number of methoxy groups -OCH3 is 3. The van der Waals surface area contributed by atoms with E-state index < -0.39 is 0 Å². The first-order valence-electron chi connectivity index (χ1n) is 9.57. The first kappa shape index (κ1) is 21.2. The summed E-state index contributed by atoms with van der Waals surface area (Å²) in [7, 11) is 4.55. The van der Waals surface area contributed by atoms with Gasteiger partial charge in [0, 0.05) is 42.9 Å². The van der Waals surface area contributed by atoms with Crippen molar-refractivity contribution >= 4 is 23.0 Å². The predicted octanol–water partition coefficient (Wildman–Crippen LogP) is 3.48. The van der Waals surface area contributed by atoms with Gasteiger partial charge in [0.25, 0.3) is 5.69 Å². The summed E-state index contributed by atoms with van der Waals surface area (Å²) in [5.74, 6) is 1.07. The van der Waals surface area contributed by atoms with Crippen LogP contribution in [0.3, 0.4) is 0 Å². The number of nitro benzene ring substituents is 1. The van der Waals surface area contributed by atoms with Crippen LogP contribution < -0.4 is 24.4 Å². The van der Waals surface area contributed by atoms with Gasteiger partial charge in [-0.15, -0.1) is 0 Å². The molecule has 2 aromatic carbocycles. The van der Waals surface area contributed by atoms with E-state index >= 15 is 0 Å². The first-order valence-corrected chi connectivity index (χ1v) is 9.57. The van der Waals surface area contributed by atoms with Gasteiger partial charge >= 0.3 is 0 Å². The van der Waals surface area contributed by atoms with E-state index in [9.17, 15) is 14.9 Å². The lowest BCUT2D eigenvalue weighted by Gasteiger charge is -2.32. The fourth-order valence-electron chi connectivity index (χ4n) is 3.67. The van der Waals surface area contributed by atoms with Crippen molar-refractivity contribution in [3.05, 3.63) is 46.5 Å². The van der Waals surface area contributed by atoms with Crippen LogP contribution in [0.15, 0.2) is 36.4 Å². The van der Waals surface area contributed by atoms with E-state index in [0.717, 1.165) is 0 Å². The molecule has 0 aromatic heterocycles. The highest BCUT2D eigenvalue weighted by Gasteiger charge is 2.28. The number of nitrogens with one attached hydrogen (secondary N) is 1. The van der Waals surface area contributed by atoms with E-state index in [2.05, 4.69) is 5.32 Å². The van der Waals surface area contributed by atoms with Crippen molar-refractivity contribution in [1.82, 2.24) is 0 Å². The Labute approximate surface area is 174 Å². The van der Waals surface area contributed by atoms with Crippen molar-refractivity contribution in [2.75, 3.05) is 44.6 Å². The summed E-state index contributed by atoms with van der Waals surface area (Å²) < 4.78 is 15.9. The Morgan fingerprint density at radius 1 is 1.07 bits per heavy atom. The summed E-state index contributed by atoms with van der Waals surface area (Å²) in [6.45, 7) is 1.14. The number of hydrogen-bond acceptors (Lipinski definition) is 7. The Morgan fingerprint density at radius 3 is 2.20 bits per heavy atom. The Bertz CT molecular complexity index is 900. The molecule has 0 spiro atoms. The van der Waals surface area contributed by atoms with Crippen molar-refractivity contribution in [3.63, 3.8) is 0 Å². The van der Waals surface area contributed by atoms with Crippen molar-refractivity contribution < 1.29 is 23.9 Å². The van der Waals surface area contributed by atoms with Crippen LogP contribution in [0.25, 0.3) is 0 Å². The number of benzene rings is 2. The molecular formula is C21H25N3O6. The van der Waals surface area contributed by atoms with Crippen LogP contribution in [-0.4, -0.2) is 45.2 Å². The Hall–Kier alpha value is -3.49. The van der Waals surface area contributed by atoms with Gasteiger partial charge in [-0.2, -0.15) is 0 Å². The average molecular weight is 415 g/mol. The number of para-hydroxylation sites is 2. The maximum absolute atomic E-state index is 12.8. The SMILES string of the molecule is COc1cc(NC(=O)C2CCN(c3ccccc3[N+](=O)[O-])CC2)cc(OC)c1OC. The van der Waals surface area contributed by atoms with Gasteiger partial charge in [-0.1, -0.05) is 12.1 Å². The van der Waals surface area contributed by atoms with Gasteiger partial charge in [0.05, 0.1) is 26.3 Å². The molecule has 0 saturated carbocycles. The topological polar surface area (TPSA) is 103 Å². The molecule has 0 bridgehead atoms. The molecule has 3 rings (SSSR count). The van der Waals surface area contributed by atoms with Crippen molar-refractivity contribution in [2.24, 2.45) is 5.92 Å². The van der Waals surface area contributed by atoms with Crippen LogP contribution in [0.2, 0.25) is 0 Å². The van der Waals surface area contributed by atoms with Crippen LogP contribution in [-0.2, 0) is 4.79 Å². The zero-order valence-electron chi connectivity index (χ0n) is 17.2. The summed E-state index contributed by atoms with van der Waals surface area (Å²) in [6.07, 6.45) is 1.20. The van der Waals surface area contributed by atoms with E-state index in [1.807, 2.05) is 4.90 Å². The fourth-order valence-corrected chi connectivity index (χ4v) is 3.67. The van der Waals surface area contributed by atoms with Gasteiger partial charge in [0.1, 0.15) is 5.69 Å². The van der Waals surface area contributed by atoms with Gasteiger partial charge in [0.15, 0.2) is 11.5 Å². The van der Waals surface area contributed by atoms with Gasteiger partial charge in [-0.05, 0) is 18.9 Å². The fraction of sp³-hybridized carbons (Fsp3) is 0.381. The van der Waals surface area contributed by atoms with Gasteiger partial charge in [-0.25, -0.2) is 0 Å². The number of anilines is 2. The van der Waals surface area contributed by atoms with Crippen LogP contribution in [0, 0.1) is 16.0 Å². The third-order valence-corrected chi connectivity index (χ3v) is 5.22. The lowest BCUT2D eigenvalue weighted by atomic mass is 9.95. The summed E-state index contributed by atoms with van der Waals surface area (Å²) >= 11 is 0. The zero-order chi connectivity index (χ0) is 21.7. The summed E-state index contributed by atoms with van der Waals surface area (Å²) in [6, 6.07) is 10.0. The van der Waals surface area contributed by atoms with E-state index in [-0.39, 0.29) is 22.4 Å². The van der Waals surface area contributed by atoms with Crippen molar-refractivity contribution in [2.45, 2.75) is 12.8 Å². The average Bonchev–Trinajstić information content (AvgIpc) is 2.78. The molecule has 9 heteroatoms. The number of nitro groups is 1. The molecule has 160 valence electrons. The second-order valence-electron chi connectivity index (χ2n) is 6.91. The molecule has 1 fully saturated rings. The first-order chi connectivity index (χ1) is 14.5. The minimum atomic E-state index is -0.376. The summed E-state index contributed by atoms with van der Waals surface area (Å²) in [4.78, 5) is 25.6. The number of carbonyl (C=O) groups excluding carboxylic acids is 1. The highest BCUT2D eigenvalue weighted by atomic mass is 16.6. The second-order valence-corrected chi connectivity index (χ2v) is 6.91. The maximum atomic E-state index is 12.8. The molecule has 0 atom stereocenters. The molecule has 0 unspecified atom stereocenters. The number of hydrogen-bond donors (Lipinski definition) is 1. The normalized spacial score (nSPS) is 14.2. The van der Waals surface area contributed by atoms with E-state index in [0.29, 0.717) is 54.6 Å². The number of piperidine rings is 1. The molecule has 1 amide bonds. The van der Waals surface area contributed by atoms with Crippen LogP contribution in [0.5, 0.6) is 17.2 Å². The number of rotatable bonds is 7. The molecule has 9 nitrogen and oxygen atoms in total. The Balaban J connectivity index is 1.67. The minimum absolute atomic E-state index is 0.0813. The highest BCUT2D eigenvalue weighted by Crippen LogP contribution is 2.40. The number of nitrogens with zero attached hydrogens (tertiary/aromatic N) is 2. The molecule has 1 saturated heterocycles.